The molecule has 154 valence electrons. The van der Waals surface area contributed by atoms with Crippen molar-refractivity contribution in [3.05, 3.63) is 0 Å². The Hall–Kier alpha value is -1.68. The first-order valence-corrected chi connectivity index (χ1v) is 11.0. The topological polar surface area (TPSA) is 106 Å². The standard InChI is InChI=1S/C18H28N6O2S2/c25-15(21-23-17(27)19-13-7-9-1-3-11(13)5-9)16(26)22-24-18(28)20-14-8-10-2-4-12(14)6-10/h9-14H,1-8H2,(H,21,25)(H,22,26)(H2,19,23,27)(H2,20,24,28)/t9-,10+,11-,12+,13-,14+. The quantitative estimate of drug-likeness (QED) is 0.214. The van der Waals surface area contributed by atoms with E-state index in [-0.39, 0.29) is 0 Å². The van der Waals surface area contributed by atoms with Gasteiger partial charge in [0, 0.05) is 12.1 Å². The predicted molar refractivity (Wildman–Crippen MR) is 112 cm³/mol. The fraction of sp³-hybridized carbons (Fsp3) is 0.778. The van der Waals surface area contributed by atoms with Crippen LogP contribution in [-0.4, -0.2) is 34.1 Å². The molecule has 6 N–H and O–H groups in total. The fourth-order valence-electron chi connectivity index (χ4n) is 5.59. The van der Waals surface area contributed by atoms with Gasteiger partial charge in [-0.05, 0) is 86.6 Å². The molecule has 28 heavy (non-hydrogen) atoms. The second-order valence-electron chi connectivity index (χ2n) is 8.67. The molecule has 10 heteroatoms. The summed E-state index contributed by atoms with van der Waals surface area (Å²) < 4.78 is 0. The molecule has 4 fully saturated rings. The highest BCUT2D eigenvalue weighted by molar-refractivity contribution is 7.80. The Balaban J connectivity index is 1.10. The second-order valence-corrected chi connectivity index (χ2v) is 9.48. The minimum absolute atomic E-state index is 0.333. The minimum atomic E-state index is -0.840. The molecule has 0 aromatic rings. The summed E-state index contributed by atoms with van der Waals surface area (Å²) in [6.45, 7) is 0. The van der Waals surface area contributed by atoms with Crippen LogP contribution in [0.3, 0.4) is 0 Å². The van der Waals surface area contributed by atoms with Crippen LogP contribution in [0.15, 0.2) is 0 Å². The Bertz CT molecular complexity index is 618. The van der Waals surface area contributed by atoms with Gasteiger partial charge in [0.2, 0.25) is 0 Å². The van der Waals surface area contributed by atoms with Gasteiger partial charge in [0.1, 0.15) is 0 Å². The van der Waals surface area contributed by atoms with Crippen LogP contribution in [0.4, 0.5) is 0 Å². The predicted octanol–water partition coefficient (Wildman–Crippen LogP) is 0.354. The number of hydrogen-bond acceptors (Lipinski definition) is 4. The number of nitrogens with one attached hydrogen (secondary N) is 6. The van der Waals surface area contributed by atoms with Crippen LogP contribution >= 0.6 is 24.4 Å². The maximum absolute atomic E-state index is 11.9. The zero-order valence-electron chi connectivity index (χ0n) is 15.8. The molecule has 0 saturated heterocycles. The lowest BCUT2D eigenvalue weighted by atomic mass is 9.96. The molecule has 0 aromatic carbocycles. The summed E-state index contributed by atoms with van der Waals surface area (Å²) in [5.41, 5.74) is 9.82. The van der Waals surface area contributed by atoms with Crippen LogP contribution < -0.4 is 32.3 Å². The Morgan fingerprint density at radius 1 is 0.607 bits per heavy atom. The summed E-state index contributed by atoms with van der Waals surface area (Å²) in [6, 6.07) is 0.723. The molecule has 8 nitrogen and oxygen atoms in total. The average molecular weight is 425 g/mol. The Morgan fingerprint density at radius 2 is 1.04 bits per heavy atom. The lowest BCUT2D eigenvalue weighted by molar-refractivity contribution is -0.139. The molecule has 4 bridgehead atoms. The van der Waals surface area contributed by atoms with Gasteiger partial charge in [-0.3, -0.25) is 31.3 Å². The number of amides is 2. The van der Waals surface area contributed by atoms with Crippen LogP contribution in [0, 0.1) is 23.7 Å². The normalized spacial score (nSPS) is 34.6. The second kappa shape index (κ2) is 8.36. The van der Waals surface area contributed by atoms with E-state index in [4.69, 9.17) is 24.4 Å². The lowest BCUT2D eigenvalue weighted by Gasteiger charge is -2.25. The molecule has 0 aliphatic heterocycles. The molecule has 4 saturated carbocycles. The Kier molecular flexibility index (Phi) is 5.86. The van der Waals surface area contributed by atoms with Crippen molar-refractivity contribution in [3.8, 4) is 0 Å². The van der Waals surface area contributed by atoms with Gasteiger partial charge in [0.15, 0.2) is 10.2 Å². The number of rotatable bonds is 2. The molecule has 4 aliphatic carbocycles. The molecule has 0 heterocycles. The van der Waals surface area contributed by atoms with Crippen LogP contribution in [0.1, 0.15) is 51.4 Å². The van der Waals surface area contributed by atoms with E-state index in [1.165, 1.54) is 38.5 Å². The number of hydrazine groups is 2. The minimum Gasteiger partial charge on any atom is -0.358 e. The molecule has 2 amide bonds. The summed E-state index contributed by atoms with van der Waals surface area (Å²) in [5, 5.41) is 7.14. The van der Waals surface area contributed by atoms with Gasteiger partial charge in [-0.25, -0.2) is 0 Å². The van der Waals surface area contributed by atoms with Gasteiger partial charge in [0.05, 0.1) is 0 Å². The van der Waals surface area contributed by atoms with Gasteiger partial charge >= 0.3 is 11.8 Å². The van der Waals surface area contributed by atoms with E-state index >= 15 is 0 Å². The molecular formula is C18H28N6O2S2. The summed E-state index contributed by atoms with van der Waals surface area (Å²) in [4.78, 5) is 23.8. The molecule has 0 unspecified atom stereocenters. The first kappa shape index (κ1) is 19.6. The van der Waals surface area contributed by atoms with Crippen molar-refractivity contribution in [2.45, 2.75) is 63.5 Å². The summed E-state index contributed by atoms with van der Waals surface area (Å²) in [6.07, 6.45) is 9.87. The van der Waals surface area contributed by atoms with Crippen LogP contribution in [-0.2, 0) is 9.59 Å². The number of carbonyl (C=O) groups excluding carboxylic acids is 2. The smallest absolute Gasteiger partial charge is 0.329 e. The largest absolute Gasteiger partial charge is 0.358 e. The molecule has 0 spiro atoms. The third kappa shape index (κ3) is 4.48. The average Bonchev–Trinajstić information content (AvgIpc) is 3.45. The van der Waals surface area contributed by atoms with Crippen LogP contribution in [0.5, 0.6) is 0 Å². The van der Waals surface area contributed by atoms with Gasteiger partial charge in [0.25, 0.3) is 0 Å². The zero-order chi connectivity index (χ0) is 19.7. The SMILES string of the molecule is O=C(NNC(=S)N[C@H]1C[C@H]2CC[C@H]1C2)C(=O)NNC(=S)N[C@@H]1C[C@@H]2CC[C@@H]1C2. The third-order valence-corrected chi connectivity index (χ3v) is 7.33. The molecule has 0 radical (unpaired) electrons. The van der Waals surface area contributed by atoms with Crippen molar-refractivity contribution < 1.29 is 9.59 Å². The van der Waals surface area contributed by atoms with Gasteiger partial charge < -0.3 is 10.6 Å². The van der Waals surface area contributed by atoms with Crippen molar-refractivity contribution in [1.82, 2.24) is 32.3 Å². The van der Waals surface area contributed by atoms with E-state index in [0.717, 1.165) is 24.7 Å². The van der Waals surface area contributed by atoms with Crippen molar-refractivity contribution in [1.29, 1.82) is 0 Å². The zero-order valence-corrected chi connectivity index (χ0v) is 17.4. The fourth-order valence-corrected chi connectivity index (χ4v) is 6.00. The van der Waals surface area contributed by atoms with Gasteiger partial charge in [-0.2, -0.15) is 0 Å². The number of carbonyl (C=O) groups is 2. The van der Waals surface area contributed by atoms with Crippen molar-refractivity contribution in [3.63, 3.8) is 0 Å². The maximum Gasteiger partial charge on any atom is 0.329 e. The highest BCUT2D eigenvalue weighted by Crippen LogP contribution is 2.45. The monoisotopic (exact) mass is 424 g/mol. The molecule has 0 aromatic heterocycles. The van der Waals surface area contributed by atoms with E-state index < -0.39 is 11.8 Å². The van der Waals surface area contributed by atoms with E-state index in [1.54, 1.807) is 0 Å². The van der Waals surface area contributed by atoms with E-state index in [1.807, 2.05) is 0 Å². The molecular weight excluding hydrogens is 396 g/mol. The summed E-state index contributed by atoms with van der Waals surface area (Å²) in [7, 11) is 0. The highest BCUT2D eigenvalue weighted by Gasteiger charge is 2.40. The van der Waals surface area contributed by atoms with E-state index in [0.29, 0.717) is 34.1 Å². The lowest BCUT2D eigenvalue weighted by Crippen LogP contribution is -2.57. The van der Waals surface area contributed by atoms with Crippen LogP contribution in [0.25, 0.3) is 0 Å². The summed E-state index contributed by atoms with van der Waals surface area (Å²) in [5.74, 6) is 1.25. The van der Waals surface area contributed by atoms with Gasteiger partial charge in [-0.1, -0.05) is 12.8 Å². The highest BCUT2D eigenvalue weighted by atomic mass is 32.1. The Morgan fingerprint density at radius 3 is 1.36 bits per heavy atom. The first-order chi connectivity index (χ1) is 13.5. The molecule has 4 rings (SSSR count). The summed E-state index contributed by atoms with van der Waals surface area (Å²) >= 11 is 10.4. The van der Waals surface area contributed by atoms with Crippen molar-refractivity contribution >= 4 is 46.5 Å². The molecule has 4 aliphatic rings. The Labute approximate surface area is 175 Å². The maximum atomic E-state index is 11.9. The molecule has 6 atom stereocenters. The third-order valence-electron chi connectivity index (χ3n) is 6.89. The van der Waals surface area contributed by atoms with Gasteiger partial charge in [-0.15, -0.1) is 0 Å². The number of thiocarbonyl (C=S) groups is 2. The van der Waals surface area contributed by atoms with Crippen molar-refractivity contribution in [2.75, 3.05) is 0 Å². The van der Waals surface area contributed by atoms with E-state index in [9.17, 15) is 9.59 Å². The van der Waals surface area contributed by atoms with Crippen molar-refractivity contribution in [2.24, 2.45) is 23.7 Å². The number of hydrogen-bond donors (Lipinski definition) is 6. The van der Waals surface area contributed by atoms with E-state index in [2.05, 4.69) is 32.3 Å². The van der Waals surface area contributed by atoms with Crippen LogP contribution in [0.2, 0.25) is 0 Å². The first-order valence-electron chi connectivity index (χ1n) is 10.2. The number of fused-ring (bicyclic) bond motifs is 4.